The SMILES string of the molecule is C1=C2C(=Nc3ccccc32)c2cccnc21. The normalized spacial score (nSPS) is 15.0. The van der Waals surface area contributed by atoms with Crippen molar-refractivity contribution in [2.45, 2.75) is 0 Å². The van der Waals surface area contributed by atoms with Crippen molar-refractivity contribution in [2.24, 2.45) is 4.99 Å². The summed E-state index contributed by atoms with van der Waals surface area (Å²) >= 11 is 0. The molecule has 2 heteroatoms. The summed E-state index contributed by atoms with van der Waals surface area (Å²) in [6, 6.07) is 12.3. The van der Waals surface area contributed by atoms with E-state index in [0.29, 0.717) is 0 Å². The van der Waals surface area contributed by atoms with Gasteiger partial charge in [0.2, 0.25) is 0 Å². The van der Waals surface area contributed by atoms with Gasteiger partial charge in [0.05, 0.1) is 17.1 Å². The average Bonchev–Trinajstić information content (AvgIpc) is 2.85. The number of rotatable bonds is 0. The molecule has 0 radical (unpaired) electrons. The predicted molar refractivity (Wildman–Crippen MR) is 64.7 cm³/mol. The van der Waals surface area contributed by atoms with Crippen LogP contribution in [0.15, 0.2) is 47.6 Å². The maximum Gasteiger partial charge on any atom is 0.0811 e. The fourth-order valence-corrected chi connectivity index (χ4v) is 2.33. The Labute approximate surface area is 93.0 Å². The number of aromatic nitrogens is 1. The molecule has 74 valence electrons. The highest BCUT2D eigenvalue weighted by Crippen LogP contribution is 2.41. The summed E-state index contributed by atoms with van der Waals surface area (Å²) in [7, 11) is 0. The molecule has 0 spiro atoms. The highest BCUT2D eigenvalue weighted by Gasteiger charge is 2.28. The van der Waals surface area contributed by atoms with Gasteiger partial charge in [-0.3, -0.25) is 4.98 Å². The fourth-order valence-electron chi connectivity index (χ4n) is 2.33. The first kappa shape index (κ1) is 7.99. The van der Waals surface area contributed by atoms with Gasteiger partial charge in [0.25, 0.3) is 0 Å². The zero-order valence-corrected chi connectivity index (χ0v) is 8.51. The van der Waals surface area contributed by atoms with Crippen LogP contribution in [0.4, 0.5) is 5.69 Å². The lowest BCUT2D eigenvalue weighted by molar-refractivity contribution is 1.29. The molecular weight excluding hydrogens is 196 g/mol. The van der Waals surface area contributed by atoms with Crippen LogP contribution in [0.5, 0.6) is 0 Å². The minimum atomic E-state index is 1.03. The third kappa shape index (κ3) is 0.865. The Morgan fingerprint density at radius 3 is 2.75 bits per heavy atom. The lowest BCUT2D eigenvalue weighted by Gasteiger charge is -1.96. The summed E-state index contributed by atoms with van der Waals surface area (Å²) in [6.07, 6.45) is 3.95. The van der Waals surface area contributed by atoms with E-state index in [-0.39, 0.29) is 0 Å². The molecule has 0 atom stereocenters. The molecule has 0 amide bonds. The van der Waals surface area contributed by atoms with Crippen LogP contribution < -0.4 is 0 Å². The van der Waals surface area contributed by atoms with Gasteiger partial charge in [0.1, 0.15) is 0 Å². The number of pyridine rings is 1. The molecule has 1 aromatic heterocycles. The fraction of sp³-hybridized carbons (Fsp3) is 0. The molecule has 1 aromatic carbocycles. The molecule has 16 heavy (non-hydrogen) atoms. The van der Waals surface area contributed by atoms with Crippen molar-refractivity contribution in [1.82, 2.24) is 4.98 Å². The Bertz CT molecular complexity index is 606. The Morgan fingerprint density at radius 2 is 1.75 bits per heavy atom. The van der Waals surface area contributed by atoms with Crippen molar-refractivity contribution in [3.8, 4) is 0 Å². The molecule has 0 fully saturated rings. The van der Waals surface area contributed by atoms with Crippen molar-refractivity contribution in [3.63, 3.8) is 0 Å². The number of hydrogen-bond donors (Lipinski definition) is 0. The lowest BCUT2D eigenvalue weighted by atomic mass is 10.0. The van der Waals surface area contributed by atoms with Gasteiger partial charge in [0.15, 0.2) is 0 Å². The minimum Gasteiger partial charge on any atom is -0.256 e. The van der Waals surface area contributed by atoms with Gasteiger partial charge in [-0.05, 0) is 24.3 Å². The smallest absolute Gasteiger partial charge is 0.0811 e. The molecule has 4 rings (SSSR count). The molecule has 2 aromatic rings. The van der Waals surface area contributed by atoms with Gasteiger partial charge in [0, 0.05) is 22.9 Å². The van der Waals surface area contributed by atoms with Crippen LogP contribution in [0, 0.1) is 0 Å². The van der Waals surface area contributed by atoms with Gasteiger partial charge in [-0.2, -0.15) is 0 Å². The number of para-hydroxylation sites is 1. The van der Waals surface area contributed by atoms with Crippen molar-refractivity contribution in [1.29, 1.82) is 0 Å². The van der Waals surface area contributed by atoms with Crippen LogP contribution in [-0.4, -0.2) is 10.7 Å². The van der Waals surface area contributed by atoms with Crippen LogP contribution in [0.25, 0.3) is 11.6 Å². The average molecular weight is 204 g/mol. The van der Waals surface area contributed by atoms with E-state index >= 15 is 0 Å². The van der Waals surface area contributed by atoms with E-state index in [2.05, 4.69) is 40.3 Å². The molecule has 2 nitrogen and oxygen atoms in total. The Kier molecular flexibility index (Phi) is 1.33. The second-order valence-electron chi connectivity index (χ2n) is 3.97. The molecule has 0 bridgehead atoms. The second-order valence-corrected chi connectivity index (χ2v) is 3.97. The minimum absolute atomic E-state index is 1.03. The van der Waals surface area contributed by atoms with Crippen molar-refractivity contribution < 1.29 is 0 Å². The van der Waals surface area contributed by atoms with Crippen LogP contribution in [0.2, 0.25) is 0 Å². The third-order valence-electron chi connectivity index (χ3n) is 3.06. The van der Waals surface area contributed by atoms with Gasteiger partial charge in [-0.1, -0.05) is 18.2 Å². The summed E-state index contributed by atoms with van der Waals surface area (Å²) < 4.78 is 0. The molecule has 2 heterocycles. The Balaban J connectivity index is 2.03. The van der Waals surface area contributed by atoms with Crippen LogP contribution in [-0.2, 0) is 0 Å². The van der Waals surface area contributed by atoms with Gasteiger partial charge < -0.3 is 0 Å². The topological polar surface area (TPSA) is 25.2 Å². The van der Waals surface area contributed by atoms with Crippen molar-refractivity contribution in [2.75, 3.05) is 0 Å². The molecule has 1 aliphatic carbocycles. The Hall–Kier alpha value is -2.22. The van der Waals surface area contributed by atoms with E-state index < -0.39 is 0 Å². The number of allylic oxidation sites excluding steroid dienone is 1. The van der Waals surface area contributed by atoms with Crippen LogP contribution in [0.1, 0.15) is 16.8 Å². The summed E-state index contributed by atoms with van der Waals surface area (Å²) in [6.45, 7) is 0. The van der Waals surface area contributed by atoms with Gasteiger partial charge >= 0.3 is 0 Å². The summed E-state index contributed by atoms with van der Waals surface area (Å²) in [5, 5.41) is 0. The zero-order chi connectivity index (χ0) is 10.5. The molecule has 2 aliphatic rings. The largest absolute Gasteiger partial charge is 0.256 e. The second kappa shape index (κ2) is 2.67. The van der Waals surface area contributed by atoms with E-state index in [9.17, 15) is 0 Å². The number of benzene rings is 1. The summed E-state index contributed by atoms with van der Waals surface area (Å²) in [4.78, 5) is 9.02. The van der Waals surface area contributed by atoms with E-state index in [0.717, 1.165) is 22.7 Å². The van der Waals surface area contributed by atoms with E-state index in [1.54, 1.807) is 0 Å². The highest BCUT2D eigenvalue weighted by atomic mass is 14.8. The van der Waals surface area contributed by atoms with Crippen LogP contribution >= 0.6 is 0 Å². The number of fused-ring (bicyclic) bond motifs is 5. The number of aliphatic imine (C=N–C) groups is 1. The maximum atomic E-state index is 4.66. The van der Waals surface area contributed by atoms with E-state index in [4.69, 9.17) is 0 Å². The third-order valence-corrected chi connectivity index (χ3v) is 3.06. The summed E-state index contributed by atoms with van der Waals surface area (Å²) in [5.74, 6) is 0. The maximum absolute atomic E-state index is 4.66. The number of hydrogen-bond acceptors (Lipinski definition) is 2. The zero-order valence-electron chi connectivity index (χ0n) is 8.51. The highest BCUT2D eigenvalue weighted by molar-refractivity contribution is 6.42. The van der Waals surface area contributed by atoms with Crippen LogP contribution in [0.3, 0.4) is 0 Å². The predicted octanol–water partition coefficient (Wildman–Crippen LogP) is 3.07. The van der Waals surface area contributed by atoms with E-state index in [1.165, 1.54) is 11.1 Å². The summed E-state index contributed by atoms with van der Waals surface area (Å²) in [5.41, 5.74) is 6.75. The molecule has 0 N–H and O–H groups in total. The van der Waals surface area contributed by atoms with Gasteiger partial charge in [-0.15, -0.1) is 0 Å². The monoisotopic (exact) mass is 204 g/mol. The lowest BCUT2D eigenvalue weighted by Crippen LogP contribution is -1.95. The Morgan fingerprint density at radius 1 is 0.875 bits per heavy atom. The molecule has 0 unspecified atom stereocenters. The molecule has 1 aliphatic heterocycles. The standard InChI is InChI=1S/C14H8N2/c1-2-6-12-9(4-1)11-8-13-10(14(11)16-12)5-3-7-15-13/h1-8H. The first-order valence-electron chi connectivity index (χ1n) is 5.29. The van der Waals surface area contributed by atoms with Crippen molar-refractivity contribution >= 4 is 23.0 Å². The van der Waals surface area contributed by atoms with E-state index in [1.807, 2.05) is 18.3 Å². The molecular formula is C14H8N2. The molecule has 0 saturated heterocycles. The quantitative estimate of drug-likeness (QED) is 0.647. The first-order valence-corrected chi connectivity index (χ1v) is 5.29. The number of nitrogens with zero attached hydrogens (tertiary/aromatic N) is 2. The van der Waals surface area contributed by atoms with Crippen molar-refractivity contribution in [3.05, 3.63) is 59.4 Å². The first-order chi connectivity index (χ1) is 7.93. The molecule has 0 saturated carbocycles. The van der Waals surface area contributed by atoms with Gasteiger partial charge in [-0.25, -0.2) is 4.99 Å².